The summed E-state index contributed by atoms with van der Waals surface area (Å²) in [6.45, 7) is 0.438. The molecule has 0 radical (unpaired) electrons. The molecular formula is C27H30N4O4. The molecule has 0 aliphatic carbocycles. The number of aromatic carboxylic acids is 1. The Hall–Kier alpha value is -4.17. The van der Waals surface area contributed by atoms with Crippen LogP contribution in [-0.2, 0) is 16.1 Å². The number of hydrogen-bond acceptors (Lipinski definition) is 5. The maximum absolute atomic E-state index is 12.4. The van der Waals surface area contributed by atoms with Crippen LogP contribution in [-0.4, -0.2) is 53.9 Å². The van der Waals surface area contributed by atoms with Crippen molar-refractivity contribution in [1.82, 2.24) is 15.3 Å². The molecular weight excluding hydrogens is 444 g/mol. The van der Waals surface area contributed by atoms with Crippen LogP contribution in [0.15, 0.2) is 72.8 Å². The minimum absolute atomic E-state index is 0.0959. The van der Waals surface area contributed by atoms with Crippen LogP contribution in [0.5, 0.6) is 0 Å². The molecule has 0 aliphatic heterocycles. The number of nitrogens with one attached hydrogen (secondary N) is 2. The summed E-state index contributed by atoms with van der Waals surface area (Å²) in [5.41, 5.74) is 7.13. The predicted molar refractivity (Wildman–Crippen MR) is 136 cm³/mol. The van der Waals surface area contributed by atoms with E-state index >= 15 is 0 Å². The van der Waals surface area contributed by atoms with Crippen LogP contribution in [0.3, 0.4) is 0 Å². The Bertz CT molecular complexity index is 1190. The second-order valence-corrected chi connectivity index (χ2v) is 8.43. The smallest absolute Gasteiger partial charge is 0.337 e. The first kappa shape index (κ1) is 25.5. The molecule has 2 amide bonds. The summed E-state index contributed by atoms with van der Waals surface area (Å²) in [7, 11) is 5.18. The highest BCUT2D eigenvalue weighted by Gasteiger charge is 2.13. The Kier molecular flexibility index (Phi) is 8.58. The van der Waals surface area contributed by atoms with Gasteiger partial charge < -0.3 is 15.3 Å². The van der Waals surface area contributed by atoms with Crippen molar-refractivity contribution in [2.75, 3.05) is 26.5 Å². The Balaban J connectivity index is 1.63. The van der Waals surface area contributed by atoms with Crippen molar-refractivity contribution in [3.05, 3.63) is 83.9 Å². The number of para-hydroxylation sites is 1. The number of anilines is 2. The zero-order valence-corrected chi connectivity index (χ0v) is 20.1. The van der Waals surface area contributed by atoms with Crippen molar-refractivity contribution < 1.29 is 19.5 Å². The van der Waals surface area contributed by atoms with Crippen LogP contribution in [0.4, 0.5) is 11.4 Å². The van der Waals surface area contributed by atoms with E-state index in [1.807, 2.05) is 48.5 Å². The molecule has 8 heteroatoms. The summed E-state index contributed by atoms with van der Waals surface area (Å²) >= 11 is 0. The molecule has 3 aromatic carbocycles. The molecule has 0 heterocycles. The Morgan fingerprint density at radius 3 is 2.23 bits per heavy atom. The topological polar surface area (TPSA) is 102 Å². The fraction of sp³-hybridized carbons (Fsp3) is 0.222. The molecule has 3 N–H and O–H groups in total. The Morgan fingerprint density at radius 2 is 1.54 bits per heavy atom. The van der Waals surface area contributed by atoms with Crippen LogP contribution in [0.25, 0.3) is 11.1 Å². The summed E-state index contributed by atoms with van der Waals surface area (Å²) in [4.78, 5) is 37.2. The number of carboxylic acid groups (broad SMARTS) is 1. The van der Waals surface area contributed by atoms with Crippen LogP contribution in [0, 0.1) is 0 Å². The maximum Gasteiger partial charge on any atom is 0.337 e. The van der Waals surface area contributed by atoms with Gasteiger partial charge in [-0.05, 0) is 47.0 Å². The van der Waals surface area contributed by atoms with Gasteiger partial charge in [0.15, 0.2) is 0 Å². The van der Waals surface area contributed by atoms with E-state index in [0.717, 1.165) is 22.4 Å². The van der Waals surface area contributed by atoms with Crippen LogP contribution in [0.1, 0.15) is 28.8 Å². The molecule has 3 aromatic rings. The zero-order chi connectivity index (χ0) is 25.4. The third kappa shape index (κ3) is 7.41. The van der Waals surface area contributed by atoms with E-state index in [-0.39, 0.29) is 30.2 Å². The average Bonchev–Trinajstić information content (AvgIpc) is 2.83. The summed E-state index contributed by atoms with van der Waals surface area (Å²) in [5, 5.41) is 14.1. The number of hydrazine groups is 1. The van der Waals surface area contributed by atoms with Crippen molar-refractivity contribution >= 4 is 29.2 Å². The summed E-state index contributed by atoms with van der Waals surface area (Å²) in [6.07, 6.45) is 0.286. The van der Waals surface area contributed by atoms with Gasteiger partial charge in [0.2, 0.25) is 11.8 Å². The number of carbonyl (C=O) groups is 3. The maximum atomic E-state index is 12.4. The van der Waals surface area contributed by atoms with Crippen molar-refractivity contribution in [3.63, 3.8) is 0 Å². The minimum atomic E-state index is -0.984. The highest BCUT2D eigenvalue weighted by Crippen LogP contribution is 2.26. The summed E-state index contributed by atoms with van der Waals surface area (Å²) < 4.78 is 0. The van der Waals surface area contributed by atoms with Crippen LogP contribution in [0.2, 0.25) is 0 Å². The Labute approximate surface area is 205 Å². The fourth-order valence-corrected chi connectivity index (χ4v) is 3.61. The van der Waals surface area contributed by atoms with Gasteiger partial charge in [-0.2, -0.15) is 0 Å². The van der Waals surface area contributed by atoms with Crippen molar-refractivity contribution in [2.45, 2.75) is 19.4 Å². The predicted octanol–water partition coefficient (Wildman–Crippen LogP) is 4.13. The van der Waals surface area contributed by atoms with Gasteiger partial charge >= 0.3 is 5.97 Å². The van der Waals surface area contributed by atoms with E-state index < -0.39 is 5.97 Å². The van der Waals surface area contributed by atoms with E-state index in [2.05, 4.69) is 10.7 Å². The average molecular weight is 475 g/mol. The molecule has 0 bridgehead atoms. The second kappa shape index (κ2) is 11.8. The molecule has 35 heavy (non-hydrogen) atoms. The number of hydrogen-bond donors (Lipinski definition) is 3. The van der Waals surface area contributed by atoms with Crippen molar-refractivity contribution in [3.8, 4) is 11.1 Å². The van der Waals surface area contributed by atoms with Gasteiger partial charge in [-0.1, -0.05) is 42.5 Å². The van der Waals surface area contributed by atoms with E-state index in [9.17, 15) is 19.5 Å². The zero-order valence-electron chi connectivity index (χ0n) is 20.1. The second-order valence-electron chi connectivity index (χ2n) is 8.43. The van der Waals surface area contributed by atoms with Gasteiger partial charge in [-0.15, -0.1) is 0 Å². The van der Waals surface area contributed by atoms with Crippen molar-refractivity contribution in [2.24, 2.45) is 0 Å². The third-order valence-electron chi connectivity index (χ3n) is 5.34. The monoisotopic (exact) mass is 474 g/mol. The number of carboxylic acids is 1. The molecule has 0 fully saturated rings. The first-order valence-corrected chi connectivity index (χ1v) is 11.2. The first-order valence-electron chi connectivity index (χ1n) is 11.2. The number of amides is 2. The quantitative estimate of drug-likeness (QED) is 0.382. The molecule has 0 aliphatic rings. The van der Waals surface area contributed by atoms with E-state index in [1.54, 1.807) is 55.3 Å². The van der Waals surface area contributed by atoms with Crippen LogP contribution >= 0.6 is 0 Å². The summed E-state index contributed by atoms with van der Waals surface area (Å²) in [5.74, 6) is -1.27. The first-order chi connectivity index (χ1) is 16.7. The molecule has 0 saturated heterocycles. The van der Waals surface area contributed by atoms with Gasteiger partial charge in [-0.25, -0.2) is 9.80 Å². The van der Waals surface area contributed by atoms with E-state index in [0.29, 0.717) is 12.2 Å². The van der Waals surface area contributed by atoms with Gasteiger partial charge in [-0.3, -0.25) is 15.0 Å². The lowest BCUT2D eigenvalue weighted by molar-refractivity contribution is -0.133. The highest BCUT2D eigenvalue weighted by atomic mass is 16.4. The normalized spacial score (nSPS) is 10.6. The molecule has 0 aromatic heterocycles. The van der Waals surface area contributed by atoms with Gasteiger partial charge in [0, 0.05) is 46.2 Å². The fourth-order valence-electron chi connectivity index (χ4n) is 3.61. The van der Waals surface area contributed by atoms with E-state index in [4.69, 9.17) is 0 Å². The molecule has 0 saturated carbocycles. The minimum Gasteiger partial charge on any atom is -0.478 e. The largest absolute Gasteiger partial charge is 0.478 e. The molecule has 0 unspecified atom stereocenters. The van der Waals surface area contributed by atoms with E-state index in [1.165, 1.54) is 0 Å². The lowest BCUT2D eigenvalue weighted by Crippen LogP contribution is -2.37. The SMILES string of the molecule is CN(C)NC(=O)CCC(=O)N(C)Cc1cccc(-c2ccc(Nc3ccccc3C(=O)O)cc2)c1. The van der Waals surface area contributed by atoms with Gasteiger partial charge in [0.25, 0.3) is 0 Å². The number of rotatable bonds is 10. The standard InChI is InChI=1S/C27H30N4O4/c1-30(2)29-25(32)15-16-26(33)31(3)18-19-7-6-8-21(17-19)20-11-13-22(14-12-20)28-24-10-5-4-9-23(24)27(34)35/h4-14,17,28H,15-16,18H2,1-3H3,(H,29,32)(H,34,35). The number of nitrogens with zero attached hydrogens (tertiary/aromatic N) is 2. The molecule has 182 valence electrons. The lowest BCUT2D eigenvalue weighted by atomic mass is 10.0. The molecule has 3 rings (SSSR count). The van der Waals surface area contributed by atoms with Crippen molar-refractivity contribution in [1.29, 1.82) is 0 Å². The van der Waals surface area contributed by atoms with Gasteiger partial charge in [0.05, 0.1) is 11.3 Å². The third-order valence-corrected chi connectivity index (χ3v) is 5.34. The summed E-state index contributed by atoms with van der Waals surface area (Å²) in [6, 6.07) is 22.4. The molecule has 0 atom stereocenters. The molecule has 8 nitrogen and oxygen atoms in total. The highest BCUT2D eigenvalue weighted by molar-refractivity contribution is 5.95. The molecule has 0 spiro atoms. The van der Waals surface area contributed by atoms with Gasteiger partial charge in [0.1, 0.15) is 0 Å². The lowest BCUT2D eigenvalue weighted by Gasteiger charge is -2.18. The number of benzene rings is 3. The van der Waals surface area contributed by atoms with Crippen LogP contribution < -0.4 is 10.7 Å². The Morgan fingerprint density at radius 1 is 0.829 bits per heavy atom. The number of carbonyl (C=O) groups excluding carboxylic acids is 2.